The highest BCUT2D eigenvalue weighted by Crippen LogP contribution is 2.35. The van der Waals surface area contributed by atoms with Gasteiger partial charge in [0.05, 0.1) is 10.6 Å². The van der Waals surface area contributed by atoms with Crippen molar-refractivity contribution in [3.63, 3.8) is 0 Å². The van der Waals surface area contributed by atoms with Gasteiger partial charge < -0.3 is 10.6 Å². The van der Waals surface area contributed by atoms with Crippen LogP contribution in [0.1, 0.15) is 5.56 Å². The molecule has 0 bridgehead atoms. The molecule has 2 N–H and O–H groups in total. The van der Waals surface area contributed by atoms with Gasteiger partial charge in [0.1, 0.15) is 0 Å². The second-order valence-electron chi connectivity index (χ2n) is 6.57. The maximum atomic E-state index is 13.0. The number of nitrogens with zero attached hydrogens (tertiary/aromatic N) is 1. The second-order valence-corrected chi connectivity index (χ2v) is 9.35. The molecule has 148 valence electrons. The molecule has 0 aliphatic carbocycles. The van der Waals surface area contributed by atoms with E-state index in [-0.39, 0.29) is 4.90 Å². The second kappa shape index (κ2) is 7.88. The van der Waals surface area contributed by atoms with Crippen LogP contribution in [-0.2, 0) is 16.4 Å². The van der Waals surface area contributed by atoms with Crippen molar-refractivity contribution in [2.24, 2.45) is 0 Å². The lowest BCUT2D eigenvalue weighted by Crippen LogP contribution is -2.29. The number of sulfonamides is 1. The monoisotopic (exact) mass is 471 g/mol. The van der Waals surface area contributed by atoms with Crippen molar-refractivity contribution in [3.05, 3.63) is 82.8 Å². The minimum absolute atomic E-state index is 0.249. The Morgan fingerprint density at radius 3 is 2.28 bits per heavy atom. The van der Waals surface area contributed by atoms with Gasteiger partial charge in [0.15, 0.2) is 0 Å². The van der Waals surface area contributed by atoms with Crippen LogP contribution >= 0.6 is 15.9 Å². The summed E-state index contributed by atoms with van der Waals surface area (Å²) in [6.45, 7) is 0.376. The van der Waals surface area contributed by atoms with E-state index in [1.54, 1.807) is 54.6 Å². The Morgan fingerprint density at radius 1 is 0.897 bits per heavy atom. The third kappa shape index (κ3) is 4.13. The van der Waals surface area contributed by atoms with Crippen LogP contribution in [0.25, 0.3) is 0 Å². The van der Waals surface area contributed by atoms with E-state index < -0.39 is 16.1 Å². The molecule has 0 saturated carbocycles. The van der Waals surface area contributed by atoms with Crippen LogP contribution in [0, 0.1) is 0 Å². The number of anilines is 3. The number of amides is 2. The summed E-state index contributed by atoms with van der Waals surface area (Å²) in [5, 5.41) is 5.51. The molecule has 8 heteroatoms. The van der Waals surface area contributed by atoms with Gasteiger partial charge in [-0.1, -0.05) is 40.2 Å². The van der Waals surface area contributed by atoms with Crippen molar-refractivity contribution < 1.29 is 13.2 Å². The first kappa shape index (κ1) is 19.5. The maximum absolute atomic E-state index is 13.0. The summed E-state index contributed by atoms with van der Waals surface area (Å²) < 4.78 is 28.4. The Morgan fingerprint density at radius 2 is 1.55 bits per heavy atom. The largest absolute Gasteiger partial charge is 0.323 e. The summed E-state index contributed by atoms with van der Waals surface area (Å²) in [5.41, 5.74) is 2.70. The van der Waals surface area contributed by atoms with Gasteiger partial charge in [-0.2, -0.15) is 0 Å². The van der Waals surface area contributed by atoms with Crippen molar-refractivity contribution in [1.29, 1.82) is 0 Å². The summed E-state index contributed by atoms with van der Waals surface area (Å²) >= 11 is 3.35. The highest BCUT2D eigenvalue weighted by Gasteiger charge is 2.31. The average molecular weight is 472 g/mol. The van der Waals surface area contributed by atoms with Crippen LogP contribution in [-0.4, -0.2) is 21.0 Å². The Labute approximate surface area is 177 Å². The summed E-state index contributed by atoms with van der Waals surface area (Å²) in [6.07, 6.45) is 0.632. The molecule has 3 aromatic rings. The summed E-state index contributed by atoms with van der Waals surface area (Å²) in [4.78, 5) is 12.6. The Hall–Kier alpha value is -2.84. The number of halogens is 1. The van der Waals surface area contributed by atoms with Gasteiger partial charge >= 0.3 is 6.03 Å². The van der Waals surface area contributed by atoms with Gasteiger partial charge in [0, 0.05) is 22.4 Å². The number of fused-ring (bicyclic) bond motifs is 1. The lowest BCUT2D eigenvalue weighted by Gasteiger charge is -2.20. The minimum Gasteiger partial charge on any atom is -0.308 e. The predicted molar refractivity (Wildman–Crippen MR) is 118 cm³/mol. The molecule has 4 rings (SSSR count). The molecule has 0 radical (unpaired) electrons. The number of urea groups is 1. The highest BCUT2D eigenvalue weighted by atomic mass is 79.9. The van der Waals surface area contributed by atoms with Gasteiger partial charge in [-0.15, -0.1) is 0 Å². The fourth-order valence-corrected chi connectivity index (χ4v) is 5.00. The molecule has 1 aliphatic rings. The molecule has 2 amide bonds. The topological polar surface area (TPSA) is 78.5 Å². The zero-order chi connectivity index (χ0) is 20.4. The maximum Gasteiger partial charge on any atom is 0.323 e. The Kier molecular flexibility index (Phi) is 5.29. The highest BCUT2D eigenvalue weighted by molar-refractivity contribution is 9.10. The lowest BCUT2D eigenvalue weighted by atomic mass is 10.1. The average Bonchev–Trinajstić information content (AvgIpc) is 3.14. The van der Waals surface area contributed by atoms with E-state index in [9.17, 15) is 13.2 Å². The molecule has 3 aromatic carbocycles. The summed E-state index contributed by atoms with van der Waals surface area (Å²) in [7, 11) is -3.65. The molecule has 29 heavy (non-hydrogen) atoms. The molecule has 0 atom stereocenters. The predicted octanol–water partition coefficient (Wildman–Crippen LogP) is 4.84. The number of nitrogens with one attached hydrogen (secondary N) is 2. The number of rotatable bonds is 4. The Bertz CT molecular complexity index is 1150. The first-order valence-corrected chi connectivity index (χ1v) is 11.2. The molecular formula is C21H18BrN3O3S. The third-order valence-electron chi connectivity index (χ3n) is 4.63. The van der Waals surface area contributed by atoms with Crippen molar-refractivity contribution in [2.45, 2.75) is 11.3 Å². The molecule has 1 heterocycles. The molecule has 0 aromatic heterocycles. The minimum atomic E-state index is -3.65. The SMILES string of the molecule is O=C(Nc1ccc(Br)cc1)Nc1ccc2c(c1)N(S(=O)(=O)c1ccccc1)CC2. The van der Waals surface area contributed by atoms with Crippen LogP contribution in [0.4, 0.5) is 21.9 Å². The molecule has 1 aliphatic heterocycles. The first-order valence-electron chi connectivity index (χ1n) is 8.98. The fourth-order valence-electron chi connectivity index (χ4n) is 3.22. The van der Waals surface area contributed by atoms with Gasteiger partial charge in [-0.3, -0.25) is 4.31 Å². The third-order valence-corrected chi connectivity index (χ3v) is 6.99. The zero-order valence-corrected chi connectivity index (χ0v) is 17.7. The van der Waals surface area contributed by atoms with Gasteiger partial charge in [0.2, 0.25) is 0 Å². The van der Waals surface area contributed by atoms with Gasteiger partial charge in [0.25, 0.3) is 10.0 Å². The number of hydrogen-bond donors (Lipinski definition) is 2. The molecule has 0 unspecified atom stereocenters. The van der Waals surface area contributed by atoms with Crippen LogP contribution in [0.5, 0.6) is 0 Å². The standard InChI is InChI=1S/C21H18BrN3O3S/c22-16-7-10-17(11-8-16)23-21(26)24-18-9-6-15-12-13-25(20(15)14-18)29(27,28)19-4-2-1-3-5-19/h1-11,14H,12-13H2,(H2,23,24,26). The molecule has 0 fully saturated rings. The number of hydrogen-bond acceptors (Lipinski definition) is 3. The van der Waals surface area contributed by atoms with E-state index in [4.69, 9.17) is 0 Å². The summed E-state index contributed by atoms with van der Waals surface area (Å²) in [6, 6.07) is 20.5. The van der Waals surface area contributed by atoms with Gasteiger partial charge in [-0.05, 0) is 60.5 Å². The zero-order valence-electron chi connectivity index (χ0n) is 15.3. The summed E-state index contributed by atoms with van der Waals surface area (Å²) in [5.74, 6) is 0. The van der Waals surface area contributed by atoms with Crippen LogP contribution in [0.3, 0.4) is 0 Å². The molecule has 0 saturated heterocycles. The van der Waals surface area contributed by atoms with Crippen LogP contribution in [0.15, 0.2) is 82.2 Å². The van der Waals surface area contributed by atoms with E-state index in [1.807, 2.05) is 18.2 Å². The van der Waals surface area contributed by atoms with Crippen molar-refractivity contribution in [2.75, 3.05) is 21.5 Å². The normalized spacial score (nSPS) is 13.1. The molecule has 6 nitrogen and oxygen atoms in total. The van der Waals surface area contributed by atoms with Crippen molar-refractivity contribution in [1.82, 2.24) is 0 Å². The van der Waals surface area contributed by atoms with Crippen molar-refractivity contribution in [3.8, 4) is 0 Å². The Balaban J connectivity index is 1.54. The van der Waals surface area contributed by atoms with Crippen molar-refractivity contribution >= 4 is 49.0 Å². The molecule has 0 spiro atoms. The number of carbonyl (C=O) groups is 1. The lowest BCUT2D eigenvalue weighted by molar-refractivity contribution is 0.262. The van der Waals surface area contributed by atoms with E-state index in [0.29, 0.717) is 30.0 Å². The fraction of sp³-hybridized carbons (Fsp3) is 0.0952. The smallest absolute Gasteiger partial charge is 0.308 e. The van der Waals surface area contributed by atoms with Crippen LogP contribution < -0.4 is 14.9 Å². The quantitative estimate of drug-likeness (QED) is 0.570. The van der Waals surface area contributed by atoms with E-state index in [0.717, 1.165) is 10.0 Å². The number of carbonyl (C=O) groups excluding carboxylic acids is 1. The van der Waals surface area contributed by atoms with Crippen LogP contribution in [0.2, 0.25) is 0 Å². The van der Waals surface area contributed by atoms with E-state index in [1.165, 1.54) is 4.31 Å². The van der Waals surface area contributed by atoms with E-state index in [2.05, 4.69) is 26.6 Å². The number of benzene rings is 3. The van der Waals surface area contributed by atoms with Gasteiger partial charge in [-0.25, -0.2) is 13.2 Å². The van der Waals surface area contributed by atoms with E-state index >= 15 is 0 Å². The first-order chi connectivity index (χ1) is 13.9. The molecular weight excluding hydrogens is 454 g/mol.